The lowest BCUT2D eigenvalue weighted by atomic mass is 10.0. The van der Waals surface area contributed by atoms with Crippen LogP contribution < -0.4 is 5.73 Å². The molecule has 2 N–H and O–H groups in total. The van der Waals surface area contributed by atoms with Crippen molar-refractivity contribution in [2.45, 2.75) is 36.6 Å². The van der Waals surface area contributed by atoms with Crippen LogP contribution in [0.25, 0.3) is 0 Å². The summed E-state index contributed by atoms with van der Waals surface area (Å²) in [6.45, 7) is 2.23. The molecule has 0 aromatic heterocycles. The van der Waals surface area contributed by atoms with Crippen LogP contribution >= 0.6 is 11.8 Å². The molecule has 1 aliphatic rings. The van der Waals surface area contributed by atoms with E-state index in [1.165, 1.54) is 29.7 Å². The zero-order valence-electron chi connectivity index (χ0n) is 9.49. The van der Waals surface area contributed by atoms with Gasteiger partial charge in [0.2, 0.25) is 0 Å². The maximum atomic E-state index is 6.38. The van der Waals surface area contributed by atoms with Crippen molar-refractivity contribution in [2.75, 3.05) is 6.26 Å². The maximum absolute atomic E-state index is 6.38. The highest BCUT2D eigenvalue weighted by Gasteiger charge is 2.50. The molecule has 0 amide bonds. The monoisotopic (exact) mass is 221 g/mol. The highest BCUT2D eigenvalue weighted by Crippen LogP contribution is 2.52. The minimum atomic E-state index is -0.00700. The maximum Gasteiger partial charge on any atom is 0.0442 e. The molecule has 15 heavy (non-hydrogen) atoms. The molecule has 0 heterocycles. The van der Waals surface area contributed by atoms with Gasteiger partial charge in [0.1, 0.15) is 0 Å². The Labute approximate surface area is 96.4 Å². The van der Waals surface area contributed by atoms with Gasteiger partial charge in [-0.25, -0.2) is 0 Å². The minimum absolute atomic E-state index is 0.00700. The first-order valence-corrected chi connectivity index (χ1v) is 6.86. The Morgan fingerprint density at radius 1 is 1.40 bits per heavy atom. The highest BCUT2D eigenvalue weighted by molar-refractivity contribution is 7.98. The van der Waals surface area contributed by atoms with Crippen molar-refractivity contribution >= 4 is 11.8 Å². The molecule has 1 aromatic rings. The Kier molecular flexibility index (Phi) is 3.08. The lowest BCUT2D eigenvalue weighted by Crippen LogP contribution is -2.22. The summed E-state index contributed by atoms with van der Waals surface area (Å²) in [7, 11) is 0. The topological polar surface area (TPSA) is 26.0 Å². The van der Waals surface area contributed by atoms with E-state index in [-0.39, 0.29) is 5.54 Å². The molecule has 0 bridgehead atoms. The molecule has 2 rings (SSSR count). The molecule has 2 heteroatoms. The van der Waals surface area contributed by atoms with Crippen molar-refractivity contribution in [2.24, 2.45) is 11.7 Å². The Morgan fingerprint density at radius 3 is 2.60 bits per heavy atom. The van der Waals surface area contributed by atoms with Crippen molar-refractivity contribution in [3.05, 3.63) is 29.8 Å². The van der Waals surface area contributed by atoms with Crippen molar-refractivity contribution < 1.29 is 0 Å². The van der Waals surface area contributed by atoms with Gasteiger partial charge in [-0.3, -0.25) is 0 Å². The number of hydrogen-bond donors (Lipinski definition) is 1. The standard InChI is InChI=1S/C13H19NS/c1-3-4-11-9-13(11,14)10-5-7-12(15-2)8-6-10/h5-8,11H,3-4,9,14H2,1-2H3. The first-order chi connectivity index (χ1) is 7.20. The van der Waals surface area contributed by atoms with E-state index >= 15 is 0 Å². The molecule has 1 saturated carbocycles. The summed E-state index contributed by atoms with van der Waals surface area (Å²) in [4.78, 5) is 1.31. The van der Waals surface area contributed by atoms with Gasteiger partial charge < -0.3 is 5.73 Å². The lowest BCUT2D eigenvalue weighted by molar-refractivity contribution is 0.583. The first-order valence-electron chi connectivity index (χ1n) is 5.64. The molecule has 0 spiro atoms. The molecule has 2 atom stereocenters. The van der Waals surface area contributed by atoms with Crippen molar-refractivity contribution in [1.82, 2.24) is 0 Å². The van der Waals surface area contributed by atoms with E-state index in [0.717, 1.165) is 0 Å². The molecular weight excluding hydrogens is 202 g/mol. The first kappa shape index (κ1) is 11.0. The smallest absolute Gasteiger partial charge is 0.0442 e. The molecule has 0 saturated heterocycles. The fourth-order valence-electron chi connectivity index (χ4n) is 2.31. The summed E-state index contributed by atoms with van der Waals surface area (Å²) in [5, 5.41) is 0. The van der Waals surface area contributed by atoms with Gasteiger partial charge in [0.05, 0.1) is 0 Å². The molecule has 1 fully saturated rings. The van der Waals surface area contributed by atoms with Gasteiger partial charge in [-0.2, -0.15) is 0 Å². The SMILES string of the molecule is CCCC1CC1(N)c1ccc(SC)cc1. The van der Waals surface area contributed by atoms with Crippen LogP contribution in [0.5, 0.6) is 0 Å². The van der Waals surface area contributed by atoms with E-state index in [1.807, 2.05) is 0 Å². The number of rotatable bonds is 4. The fourth-order valence-corrected chi connectivity index (χ4v) is 2.72. The summed E-state index contributed by atoms with van der Waals surface area (Å²) in [5.41, 5.74) is 7.69. The largest absolute Gasteiger partial charge is 0.321 e. The van der Waals surface area contributed by atoms with Crippen LogP contribution in [0, 0.1) is 5.92 Å². The van der Waals surface area contributed by atoms with Crippen LogP contribution in [-0.4, -0.2) is 6.26 Å². The van der Waals surface area contributed by atoms with Gasteiger partial charge in [-0.15, -0.1) is 11.8 Å². The average molecular weight is 221 g/mol. The summed E-state index contributed by atoms with van der Waals surface area (Å²) in [6, 6.07) is 8.74. The van der Waals surface area contributed by atoms with Gasteiger partial charge >= 0.3 is 0 Å². The van der Waals surface area contributed by atoms with Crippen LogP contribution in [0.3, 0.4) is 0 Å². The van der Waals surface area contributed by atoms with E-state index < -0.39 is 0 Å². The summed E-state index contributed by atoms with van der Waals surface area (Å²) in [6.07, 6.45) is 5.77. The average Bonchev–Trinajstić information content (AvgIpc) is 2.92. The normalized spacial score (nSPS) is 29.1. The van der Waals surface area contributed by atoms with Gasteiger partial charge in [0.25, 0.3) is 0 Å². The van der Waals surface area contributed by atoms with Crippen molar-refractivity contribution in [3.63, 3.8) is 0 Å². The van der Waals surface area contributed by atoms with Gasteiger partial charge in [0.15, 0.2) is 0 Å². The highest BCUT2D eigenvalue weighted by atomic mass is 32.2. The zero-order valence-corrected chi connectivity index (χ0v) is 10.3. The van der Waals surface area contributed by atoms with Gasteiger partial charge in [0, 0.05) is 10.4 Å². The minimum Gasteiger partial charge on any atom is -0.321 e. The lowest BCUT2D eigenvalue weighted by Gasteiger charge is -2.12. The molecule has 82 valence electrons. The number of nitrogens with two attached hydrogens (primary N) is 1. The Bertz CT molecular complexity index is 333. The Balaban J connectivity index is 2.10. The summed E-state index contributed by atoms with van der Waals surface area (Å²) in [5.74, 6) is 0.711. The second kappa shape index (κ2) is 4.18. The van der Waals surface area contributed by atoms with E-state index in [0.29, 0.717) is 5.92 Å². The fraction of sp³-hybridized carbons (Fsp3) is 0.538. The van der Waals surface area contributed by atoms with E-state index in [9.17, 15) is 0 Å². The van der Waals surface area contributed by atoms with Crippen molar-refractivity contribution in [3.8, 4) is 0 Å². The second-order valence-corrected chi connectivity index (χ2v) is 5.34. The zero-order chi connectivity index (χ0) is 10.9. The predicted octanol–water partition coefficient (Wildman–Crippen LogP) is 3.38. The van der Waals surface area contributed by atoms with Crippen LogP contribution in [0.2, 0.25) is 0 Å². The van der Waals surface area contributed by atoms with Crippen LogP contribution in [0.1, 0.15) is 31.7 Å². The quantitative estimate of drug-likeness (QED) is 0.789. The van der Waals surface area contributed by atoms with E-state index in [4.69, 9.17) is 5.73 Å². The second-order valence-electron chi connectivity index (χ2n) is 4.46. The van der Waals surface area contributed by atoms with E-state index in [2.05, 4.69) is 37.4 Å². The predicted molar refractivity (Wildman–Crippen MR) is 67.1 cm³/mol. The molecule has 0 radical (unpaired) electrons. The van der Waals surface area contributed by atoms with Crippen LogP contribution in [0.4, 0.5) is 0 Å². The Morgan fingerprint density at radius 2 is 2.07 bits per heavy atom. The Hall–Kier alpha value is -0.470. The van der Waals surface area contributed by atoms with Crippen molar-refractivity contribution in [1.29, 1.82) is 0 Å². The van der Waals surface area contributed by atoms with Gasteiger partial charge in [-0.1, -0.05) is 25.5 Å². The molecule has 0 aliphatic heterocycles. The molecule has 1 aliphatic carbocycles. The molecular formula is C13H19NS. The number of benzene rings is 1. The third-order valence-electron chi connectivity index (χ3n) is 3.42. The molecule has 2 unspecified atom stereocenters. The number of hydrogen-bond acceptors (Lipinski definition) is 2. The third-order valence-corrected chi connectivity index (χ3v) is 4.16. The van der Waals surface area contributed by atoms with Crippen LogP contribution in [0.15, 0.2) is 29.2 Å². The summed E-state index contributed by atoms with van der Waals surface area (Å²) < 4.78 is 0. The van der Waals surface area contributed by atoms with E-state index in [1.54, 1.807) is 11.8 Å². The molecule has 1 nitrogen and oxygen atoms in total. The van der Waals surface area contributed by atoms with Gasteiger partial charge in [-0.05, 0) is 42.7 Å². The summed E-state index contributed by atoms with van der Waals surface area (Å²) >= 11 is 1.78. The number of thioether (sulfide) groups is 1. The van der Waals surface area contributed by atoms with Crippen LogP contribution in [-0.2, 0) is 5.54 Å². The third kappa shape index (κ3) is 2.06. The molecule has 1 aromatic carbocycles.